The SMILES string of the molecule is Cc1ccc2c(Cc3ccc(F)cc3)nc(C3=NS(=O)(=O)c4ccccc43)c(O)c2c1. The van der Waals surface area contributed by atoms with E-state index in [-0.39, 0.29) is 27.9 Å². The molecule has 0 unspecified atom stereocenters. The zero-order valence-electron chi connectivity index (χ0n) is 16.5. The van der Waals surface area contributed by atoms with E-state index in [4.69, 9.17) is 0 Å². The molecule has 154 valence electrons. The Hall–Kier alpha value is -3.58. The second-order valence-electron chi connectivity index (χ2n) is 7.52. The van der Waals surface area contributed by atoms with E-state index in [0.717, 1.165) is 16.5 Å². The number of benzene rings is 3. The number of fused-ring (bicyclic) bond motifs is 2. The van der Waals surface area contributed by atoms with Gasteiger partial charge in [0.05, 0.1) is 10.6 Å². The van der Waals surface area contributed by atoms with Gasteiger partial charge in [-0.2, -0.15) is 12.8 Å². The summed E-state index contributed by atoms with van der Waals surface area (Å²) in [4.78, 5) is 4.75. The molecule has 31 heavy (non-hydrogen) atoms. The number of rotatable bonds is 3. The van der Waals surface area contributed by atoms with Crippen molar-refractivity contribution in [2.45, 2.75) is 18.2 Å². The molecule has 1 aromatic heterocycles. The molecule has 5 rings (SSSR count). The van der Waals surface area contributed by atoms with Crippen molar-refractivity contribution in [2.24, 2.45) is 4.40 Å². The van der Waals surface area contributed by atoms with Crippen LogP contribution in [0, 0.1) is 12.7 Å². The third kappa shape index (κ3) is 3.27. The number of nitrogens with zero attached hydrogens (tertiary/aromatic N) is 2. The van der Waals surface area contributed by atoms with Gasteiger partial charge in [0, 0.05) is 22.8 Å². The van der Waals surface area contributed by atoms with Crippen molar-refractivity contribution in [3.8, 4) is 5.75 Å². The average molecular weight is 432 g/mol. The van der Waals surface area contributed by atoms with Crippen LogP contribution in [-0.2, 0) is 16.4 Å². The number of hydrogen-bond acceptors (Lipinski definition) is 4. The number of pyridine rings is 1. The first kappa shape index (κ1) is 19.4. The molecule has 4 aromatic rings. The van der Waals surface area contributed by atoms with Crippen molar-refractivity contribution in [1.82, 2.24) is 4.98 Å². The van der Waals surface area contributed by atoms with Crippen LogP contribution >= 0.6 is 0 Å². The van der Waals surface area contributed by atoms with E-state index in [2.05, 4.69) is 9.38 Å². The van der Waals surface area contributed by atoms with E-state index in [1.165, 1.54) is 18.2 Å². The van der Waals surface area contributed by atoms with E-state index in [1.54, 1.807) is 30.3 Å². The summed E-state index contributed by atoms with van der Waals surface area (Å²) in [5, 5.41) is 12.4. The van der Waals surface area contributed by atoms with Gasteiger partial charge in [-0.25, -0.2) is 9.37 Å². The Morgan fingerprint density at radius 2 is 1.71 bits per heavy atom. The molecular weight excluding hydrogens is 415 g/mol. The van der Waals surface area contributed by atoms with E-state index >= 15 is 0 Å². The predicted molar refractivity (Wildman–Crippen MR) is 117 cm³/mol. The van der Waals surface area contributed by atoms with E-state index < -0.39 is 10.0 Å². The lowest BCUT2D eigenvalue weighted by atomic mass is 9.98. The molecule has 1 aliphatic heterocycles. The van der Waals surface area contributed by atoms with Crippen LogP contribution in [0.15, 0.2) is 76.0 Å². The molecule has 0 atom stereocenters. The van der Waals surface area contributed by atoms with Crippen molar-refractivity contribution in [3.63, 3.8) is 0 Å². The lowest BCUT2D eigenvalue weighted by molar-refractivity contribution is 0.477. The normalized spacial score (nSPS) is 14.5. The Morgan fingerprint density at radius 1 is 0.968 bits per heavy atom. The minimum Gasteiger partial charge on any atom is -0.505 e. The lowest BCUT2D eigenvalue weighted by Gasteiger charge is -2.13. The van der Waals surface area contributed by atoms with Crippen molar-refractivity contribution >= 4 is 26.5 Å². The molecule has 0 amide bonds. The Balaban J connectivity index is 1.76. The van der Waals surface area contributed by atoms with E-state index in [0.29, 0.717) is 23.1 Å². The molecule has 0 bridgehead atoms. The predicted octanol–water partition coefficient (Wildman–Crippen LogP) is 4.52. The summed E-state index contributed by atoms with van der Waals surface area (Å²) in [6.07, 6.45) is 0.384. The summed E-state index contributed by atoms with van der Waals surface area (Å²) in [6.45, 7) is 1.91. The summed E-state index contributed by atoms with van der Waals surface area (Å²) in [6, 6.07) is 18.2. The molecule has 1 aliphatic rings. The Bertz CT molecular complexity index is 1490. The topological polar surface area (TPSA) is 79.6 Å². The van der Waals surface area contributed by atoms with Crippen molar-refractivity contribution < 1.29 is 17.9 Å². The highest BCUT2D eigenvalue weighted by atomic mass is 32.2. The summed E-state index contributed by atoms with van der Waals surface area (Å²) in [7, 11) is -3.86. The largest absolute Gasteiger partial charge is 0.505 e. The molecule has 0 saturated carbocycles. The summed E-state index contributed by atoms with van der Waals surface area (Å²) in [5.41, 5.74) is 3.06. The Labute approximate surface area is 178 Å². The van der Waals surface area contributed by atoms with Crippen LogP contribution in [0.4, 0.5) is 4.39 Å². The highest BCUT2D eigenvalue weighted by Crippen LogP contribution is 2.36. The first-order valence-corrected chi connectivity index (χ1v) is 11.1. The Morgan fingerprint density at radius 3 is 2.48 bits per heavy atom. The van der Waals surface area contributed by atoms with Crippen LogP contribution in [-0.4, -0.2) is 24.2 Å². The molecule has 5 nitrogen and oxygen atoms in total. The van der Waals surface area contributed by atoms with Crippen LogP contribution < -0.4 is 0 Å². The quantitative estimate of drug-likeness (QED) is 0.516. The molecule has 0 saturated heterocycles. The number of hydrogen-bond donors (Lipinski definition) is 1. The summed E-state index contributed by atoms with van der Waals surface area (Å²) >= 11 is 0. The number of sulfonamides is 1. The molecule has 7 heteroatoms. The molecule has 0 aliphatic carbocycles. The summed E-state index contributed by atoms with van der Waals surface area (Å²) in [5.74, 6) is -0.446. The van der Waals surface area contributed by atoms with Crippen molar-refractivity contribution in [2.75, 3.05) is 0 Å². The van der Waals surface area contributed by atoms with Gasteiger partial charge in [0.15, 0.2) is 5.75 Å². The van der Waals surface area contributed by atoms with Crippen LogP contribution in [0.2, 0.25) is 0 Å². The molecule has 0 radical (unpaired) electrons. The molecule has 0 fully saturated rings. The maximum Gasteiger partial charge on any atom is 0.283 e. The maximum atomic E-state index is 13.3. The lowest BCUT2D eigenvalue weighted by Crippen LogP contribution is -2.08. The van der Waals surface area contributed by atoms with Crippen LogP contribution in [0.1, 0.15) is 28.1 Å². The number of halogens is 1. The fourth-order valence-corrected chi connectivity index (χ4v) is 5.07. The minimum absolute atomic E-state index is 0.0932. The van der Waals surface area contributed by atoms with Gasteiger partial charge in [-0.15, -0.1) is 0 Å². The zero-order chi connectivity index (χ0) is 21.8. The van der Waals surface area contributed by atoms with Gasteiger partial charge in [0.2, 0.25) is 0 Å². The molecule has 1 N–H and O–H groups in total. The fourth-order valence-electron chi connectivity index (χ4n) is 3.85. The highest BCUT2D eigenvalue weighted by Gasteiger charge is 2.32. The second-order valence-corrected chi connectivity index (χ2v) is 9.09. The van der Waals surface area contributed by atoms with Gasteiger partial charge in [0.25, 0.3) is 10.0 Å². The highest BCUT2D eigenvalue weighted by molar-refractivity contribution is 7.90. The molecule has 3 aromatic carbocycles. The van der Waals surface area contributed by atoms with Crippen LogP contribution in [0.25, 0.3) is 10.8 Å². The van der Waals surface area contributed by atoms with E-state index in [9.17, 15) is 17.9 Å². The number of aromatic hydroxyl groups is 1. The fraction of sp³-hybridized carbons (Fsp3) is 0.0833. The third-order valence-electron chi connectivity index (χ3n) is 5.35. The van der Waals surface area contributed by atoms with Gasteiger partial charge in [0.1, 0.15) is 17.2 Å². The third-order valence-corrected chi connectivity index (χ3v) is 6.69. The molecule has 0 spiro atoms. The monoisotopic (exact) mass is 432 g/mol. The first-order valence-electron chi connectivity index (χ1n) is 9.65. The van der Waals surface area contributed by atoms with Gasteiger partial charge in [-0.3, -0.25) is 0 Å². The molecule has 2 heterocycles. The molecular formula is C24H17FN2O3S. The Kier molecular flexibility index (Phi) is 4.37. The smallest absolute Gasteiger partial charge is 0.283 e. The number of aromatic nitrogens is 1. The average Bonchev–Trinajstić information content (AvgIpc) is 3.03. The zero-order valence-corrected chi connectivity index (χ0v) is 17.3. The van der Waals surface area contributed by atoms with Gasteiger partial charge in [-0.1, -0.05) is 48.0 Å². The van der Waals surface area contributed by atoms with Gasteiger partial charge < -0.3 is 5.11 Å². The standard InChI is InChI=1S/C24H17FN2O3S/c1-14-6-11-17-19(12-14)24(28)23(26-20(17)13-15-7-9-16(25)10-8-15)22-18-4-2-3-5-21(18)31(29,30)27-22/h2-12,28H,13H2,1H3. The van der Waals surface area contributed by atoms with Crippen molar-refractivity contribution in [1.29, 1.82) is 0 Å². The first-order chi connectivity index (χ1) is 14.8. The van der Waals surface area contributed by atoms with Crippen LogP contribution in [0.5, 0.6) is 5.75 Å². The van der Waals surface area contributed by atoms with E-state index in [1.807, 2.05) is 25.1 Å². The maximum absolute atomic E-state index is 13.3. The minimum atomic E-state index is -3.86. The summed E-state index contributed by atoms with van der Waals surface area (Å²) < 4.78 is 42.3. The van der Waals surface area contributed by atoms with Gasteiger partial charge in [-0.05, 0) is 36.8 Å². The van der Waals surface area contributed by atoms with Crippen molar-refractivity contribution in [3.05, 3.63) is 101 Å². The van der Waals surface area contributed by atoms with Crippen LogP contribution in [0.3, 0.4) is 0 Å². The van der Waals surface area contributed by atoms with Gasteiger partial charge >= 0.3 is 0 Å². The number of aryl methyl sites for hydroxylation is 1. The second kappa shape index (κ2) is 6.99.